The van der Waals surface area contributed by atoms with Gasteiger partial charge in [0.15, 0.2) is 0 Å². The van der Waals surface area contributed by atoms with Crippen LogP contribution in [0.2, 0.25) is 0 Å². The van der Waals surface area contributed by atoms with Crippen LogP contribution in [-0.2, 0) is 11.2 Å². The summed E-state index contributed by atoms with van der Waals surface area (Å²) in [5.74, 6) is 1.86. The summed E-state index contributed by atoms with van der Waals surface area (Å²) in [5, 5.41) is 6.00. The first-order valence-electron chi connectivity index (χ1n) is 7.63. The first-order valence-corrected chi connectivity index (χ1v) is 7.63. The highest BCUT2D eigenvalue weighted by Crippen LogP contribution is 2.24. The van der Waals surface area contributed by atoms with Crippen molar-refractivity contribution in [2.45, 2.75) is 39.5 Å². The van der Waals surface area contributed by atoms with E-state index in [-0.39, 0.29) is 5.91 Å². The molecule has 1 aromatic rings. The lowest BCUT2D eigenvalue weighted by atomic mass is 10.1. The fraction of sp³-hybridized carbons (Fsp3) is 0.667. The first kappa shape index (κ1) is 17.2. The van der Waals surface area contributed by atoms with Crippen LogP contribution in [0.4, 0.5) is 11.6 Å². The SMILES string of the molecule is CCCNc1ncnc(N(C)CCC(=O)NC)c1CCC. The van der Waals surface area contributed by atoms with Crippen LogP contribution in [0.15, 0.2) is 6.33 Å². The highest BCUT2D eigenvalue weighted by atomic mass is 16.1. The van der Waals surface area contributed by atoms with Crippen molar-refractivity contribution in [1.29, 1.82) is 0 Å². The van der Waals surface area contributed by atoms with Gasteiger partial charge < -0.3 is 15.5 Å². The Morgan fingerprint density at radius 1 is 1.29 bits per heavy atom. The van der Waals surface area contributed by atoms with Gasteiger partial charge in [-0.05, 0) is 12.8 Å². The van der Waals surface area contributed by atoms with E-state index in [1.54, 1.807) is 13.4 Å². The van der Waals surface area contributed by atoms with Gasteiger partial charge in [-0.1, -0.05) is 20.3 Å². The van der Waals surface area contributed by atoms with Crippen molar-refractivity contribution in [2.24, 2.45) is 0 Å². The lowest BCUT2D eigenvalue weighted by molar-refractivity contribution is -0.120. The summed E-state index contributed by atoms with van der Waals surface area (Å²) in [6.45, 7) is 5.81. The summed E-state index contributed by atoms with van der Waals surface area (Å²) in [7, 11) is 3.62. The van der Waals surface area contributed by atoms with Gasteiger partial charge in [0, 0.05) is 39.2 Å². The van der Waals surface area contributed by atoms with E-state index in [1.807, 2.05) is 11.9 Å². The predicted octanol–water partition coefficient (Wildman–Crippen LogP) is 1.82. The minimum atomic E-state index is 0.0391. The zero-order chi connectivity index (χ0) is 15.7. The van der Waals surface area contributed by atoms with Crippen LogP contribution in [-0.4, -0.2) is 43.1 Å². The van der Waals surface area contributed by atoms with Crippen molar-refractivity contribution in [3.8, 4) is 0 Å². The molecular weight excluding hydrogens is 266 g/mol. The number of aromatic nitrogens is 2. The molecule has 1 heterocycles. The largest absolute Gasteiger partial charge is 0.370 e. The molecule has 0 fully saturated rings. The molecule has 2 N–H and O–H groups in total. The molecule has 6 nitrogen and oxygen atoms in total. The number of anilines is 2. The molecule has 1 amide bonds. The van der Waals surface area contributed by atoms with Crippen molar-refractivity contribution in [3.63, 3.8) is 0 Å². The Balaban J connectivity index is 2.90. The molecule has 6 heteroatoms. The molecule has 0 bridgehead atoms. The number of rotatable bonds is 9. The molecule has 0 saturated carbocycles. The molecule has 0 aliphatic carbocycles. The van der Waals surface area contributed by atoms with E-state index in [9.17, 15) is 4.79 Å². The summed E-state index contributed by atoms with van der Waals surface area (Å²) in [4.78, 5) is 22.2. The van der Waals surface area contributed by atoms with Crippen LogP contribution in [0.3, 0.4) is 0 Å². The molecule has 118 valence electrons. The standard InChI is InChI=1S/C15H27N5O/c1-5-7-12-14(17-9-6-2)18-11-19-15(12)20(4)10-8-13(21)16-3/h11H,5-10H2,1-4H3,(H,16,21)(H,17,18,19). The molecule has 0 atom stereocenters. The summed E-state index contributed by atoms with van der Waals surface area (Å²) in [6, 6.07) is 0. The number of amides is 1. The monoisotopic (exact) mass is 293 g/mol. The predicted molar refractivity (Wildman–Crippen MR) is 86.8 cm³/mol. The molecule has 0 aromatic carbocycles. The number of nitrogens with zero attached hydrogens (tertiary/aromatic N) is 3. The van der Waals surface area contributed by atoms with E-state index in [2.05, 4.69) is 34.4 Å². The zero-order valence-corrected chi connectivity index (χ0v) is 13.6. The second-order valence-corrected chi connectivity index (χ2v) is 5.05. The van der Waals surface area contributed by atoms with Crippen LogP contribution >= 0.6 is 0 Å². The molecule has 0 spiro atoms. The summed E-state index contributed by atoms with van der Waals surface area (Å²) in [5.41, 5.74) is 1.13. The summed E-state index contributed by atoms with van der Waals surface area (Å²) < 4.78 is 0. The lowest BCUT2D eigenvalue weighted by Crippen LogP contribution is -2.28. The lowest BCUT2D eigenvalue weighted by Gasteiger charge is -2.22. The third-order valence-electron chi connectivity index (χ3n) is 3.28. The topological polar surface area (TPSA) is 70.2 Å². The van der Waals surface area contributed by atoms with E-state index in [1.165, 1.54) is 0 Å². The third kappa shape index (κ3) is 5.21. The van der Waals surface area contributed by atoms with Crippen LogP contribution in [0.25, 0.3) is 0 Å². The van der Waals surface area contributed by atoms with Crippen LogP contribution in [0.1, 0.15) is 38.7 Å². The van der Waals surface area contributed by atoms with E-state index < -0.39 is 0 Å². The van der Waals surface area contributed by atoms with Crippen molar-refractivity contribution in [2.75, 3.05) is 37.4 Å². The van der Waals surface area contributed by atoms with Crippen molar-refractivity contribution in [3.05, 3.63) is 11.9 Å². The fourth-order valence-corrected chi connectivity index (χ4v) is 2.11. The Hall–Kier alpha value is -1.85. The molecular formula is C15H27N5O. The zero-order valence-electron chi connectivity index (χ0n) is 13.6. The molecule has 1 rings (SSSR count). The van der Waals surface area contributed by atoms with Gasteiger partial charge in [-0.3, -0.25) is 4.79 Å². The van der Waals surface area contributed by atoms with Crippen LogP contribution in [0.5, 0.6) is 0 Å². The second kappa shape index (κ2) is 9.15. The van der Waals surface area contributed by atoms with Gasteiger partial charge in [0.05, 0.1) is 0 Å². The molecule has 0 radical (unpaired) electrons. The normalized spacial score (nSPS) is 10.3. The Morgan fingerprint density at radius 2 is 2.05 bits per heavy atom. The molecule has 0 aliphatic heterocycles. The van der Waals surface area contributed by atoms with Gasteiger partial charge >= 0.3 is 0 Å². The highest BCUT2D eigenvalue weighted by Gasteiger charge is 2.14. The van der Waals surface area contributed by atoms with Crippen LogP contribution in [0, 0.1) is 0 Å². The maximum atomic E-state index is 11.4. The smallest absolute Gasteiger partial charge is 0.221 e. The quantitative estimate of drug-likeness (QED) is 0.727. The van der Waals surface area contributed by atoms with Crippen molar-refractivity contribution < 1.29 is 4.79 Å². The van der Waals surface area contributed by atoms with Gasteiger partial charge in [0.25, 0.3) is 0 Å². The van der Waals surface area contributed by atoms with E-state index in [0.717, 1.165) is 43.0 Å². The third-order valence-corrected chi connectivity index (χ3v) is 3.28. The summed E-state index contributed by atoms with van der Waals surface area (Å²) in [6.07, 6.45) is 5.05. The minimum Gasteiger partial charge on any atom is -0.370 e. The first-order chi connectivity index (χ1) is 10.1. The van der Waals surface area contributed by atoms with Gasteiger partial charge in [-0.15, -0.1) is 0 Å². The van der Waals surface area contributed by atoms with Gasteiger partial charge in [-0.2, -0.15) is 0 Å². The second-order valence-electron chi connectivity index (χ2n) is 5.05. The van der Waals surface area contributed by atoms with Gasteiger partial charge in [-0.25, -0.2) is 9.97 Å². The Labute approximate surface area is 127 Å². The van der Waals surface area contributed by atoms with Gasteiger partial charge in [0.2, 0.25) is 5.91 Å². The van der Waals surface area contributed by atoms with Gasteiger partial charge in [0.1, 0.15) is 18.0 Å². The maximum absolute atomic E-state index is 11.4. The molecule has 0 unspecified atom stereocenters. The minimum absolute atomic E-state index is 0.0391. The Kier molecular flexibility index (Phi) is 7.50. The number of nitrogens with one attached hydrogen (secondary N) is 2. The van der Waals surface area contributed by atoms with Crippen molar-refractivity contribution >= 4 is 17.5 Å². The number of carbonyl (C=O) groups is 1. The highest BCUT2D eigenvalue weighted by molar-refractivity contribution is 5.76. The molecule has 1 aromatic heterocycles. The molecule has 0 aliphatic rings. The van der Waals surface area contributed by atoms with E-state index in [0.29, 0.717) is 13.0 Å². The van der Waals surface area contributed by atoms with Crippen molar-refractivity contribution in [1.82, 2.24) is 15.3 Å². The van der Waals surface area contributed by atoms with Crippen LogP contribution < -0.4 is 15.5 Å². The molecule has 0 saturated heterocycles. The number of hydrogen-bond acceptors (Lipinski definition) is 5. The number of hydrogen-bond donors (Lipinski definition) is 2. The molecule has 21 heavy (non-hydrogen) atoms. The van der Waals surface area contributed by atoms with E-state index in [4.69, 9.17) is 0 Å². The summed E-state index contributed by atoms with van der Waals surface area (Å²) >= 11 is 0. The van der Waals surface area contributed by atoms with E-state index >= 15 is 0 Å². The average molecular weight is 293 g/mol. The maximum Gasteiger partial charge on any atom is 0.221 e. The number of carbonyl (C=O) groups excluding carboxylic acids is 1. The average Bonchev–Trinajstić information content (AvgIpc) is 2.51. The fourth-order valence-electron chi connectivity index (χ4n) is 2.11. The Bertz CT molecular complexity index is 450. The Morgan fingerprint density at radius 3 is 2.67 bits per heavy atom.